The number of guanidine groups is 1. The summed E-state index contributed by atoms with van der Waals surface area (Å²) in [7, 11) is 0. The van der Waals surface area contributed by atoms with Gasteiger partial charge < -0.3 is 16.0 Å². The second-order valence-corrected chi connectivity index (χ2v) is 8.10. The van der Waals surface area contributed by atoms with Crippen molar-refractivity contribution in [2.45, 2.75) is 70.0 Å². The molecule has 25 heavy (non-hydrogen) atoms. The number of nitrogens with zero attached hydrogens (tertiary/aromatic N) is 2. The van der Waals surface area contributed by atoms with Gasteiger partial charge in [0.1, 0.15) is 0 Å². The Morgan fingerprint density at radius 1 is 1.16 bits per heavy atom. The Kier molecular flexibility index (Phi) is 6.48. The predicted molar refractivity (Wildman–Crippen MR) is 108 cm³/mol. The van der Waals surface area contributed by atoms with Gasteiger partial charge in [-0.25, -0.2) is 4.99 Å². The molecule has 138 valence electrons. The first-order valence-electron chi connectivity index (χ1n) is 9.36. The number of benzene rings is 1. The van der Waals surface area contributed by atoms with Gasteiger partial charge in [-0.2, -0.15) is 0 Å². The molecule has 1 heterocycles. The van der Waals surface area contributed by atoms with Gasteiger partial charge in [-0.3, -0.25) is 0 Å². The van der Waals surface area contributed by atoms with Gasteiger partial charge in [0.15, 0.2) is 5.96 Å². The van der Waals surface area contributed by atoms with Crippen LogP contribution in [-0.4, -0.2) is 35.5 Å². The van der Waals surface area contributed by atoms with E-state index < -0.39 is 0 Å². The molecule has 4 nitrogen and oxygen atoms in total. The highest BCUT2D eigenvalue weighted by molar-refractivity contribution is 6.36. The van der Waals surface area contributed by atoms with E-state index >= 15 is 0 Å². The van der Waals surface area contributed by atoms with Crippen LogP contribution in [0.4, 0.5) is 5.69 Å². The van der Waals surface area contributed by atoms with Crippen LogP contribution in [0.2, 0.25) is 10.0 Å². The van der Waals surface area contributed by atoms with Crippen molar-refractivity contribution in [3.8, 4) is 0 Å². The van der Waals surface area contributed by atoms with Crippen molar-refractivity contribution >= 4 is 34.8 Å². The Hall–Kier alpha value is -0.970. The van der Waals surface area contributed by atoms with Gasteiger partial charge in [0.25, 0.3) is 0 Å². The van der Waals surface area contributed by atoms with Crippen molar-refractivity contribution in [2.24, 2.45) is 10.7 Å². The SMILES string of the molecule is CC1CCCCN1C(=N[C@H]1CCCC[C@@H]1N)Nc1ccc(Cl)cc1Cl. The zero-order chi connectivity index (χ0) is 17.8. The fraction of sp³-hybridized carbons (Fsp3) is 0.632. The number of anilines is 1. The van der Waals surface area contributed by atoms with Gasteiger partial charge in [0, 0.05) is 23.7 Å². The molecule has 3 N–H and O–H groups in total. The third kappa shape index (κ3) is 4.81. The average molecular weight is 383 g/mol. The molecular formula is C19H28Cl2N4. The lowest BCUT2D eigenvalue weighted by atomic mass is 9.91. The van der Waals surface area contributed by atoms with Crippen molar-refractivity contribution in [1.29, 1.82) is 0 Å². The molecule has 3 atom stereocenters. The number of piperidine rings is 1. The summed E-state index contributed by atoms with van der Waals surface area (Å²) in [5, 5.41) is 4.72. The molecule has 1 aromatic carbocycles. The number of likely N-dealkylation sites (tertiary alicyclic amines) is 1. The number of nitrogens with two attached hydrogens (primary N) is 1. The summed E-state index contributed by atoms with van der Waals surface area (Å²) in [4.78, 5) is 7.44. The smallest absolute Gasteiger partial charge is 0.199 e. The maximum atomic E-state index is 6.38. The summed E-state index contributed by atoms with van der Waals surface area (Å²) >= 11 is 12.4. The Morgan fingerprint density at radius 2 is 1.92 bits per heavy atom. The maximum Gasteiger partial charge on any atom is 0.199 e. The van der Waals surface area contributed by atoms with Gasteiger partial charge in [-0.15, -0.1) is 0 Å². The Labute approximate surface area is 160 Å². The van der Waals surface area contributed by atoms with Crippen LogP contribution in [0.15, 0.2) is 23.2 Å². The first-order chi connectivity index (χ1) is 12.0. The molecule has 1 unspecified atom stereocenters. The molecule has 1 aliphatic carbocycles. The molecule has 1 saturated carbocycles. The quantitative estimate of drug-likeness (QED) is 0.564. The van der Waals surface area contributed by atoms with Crippen LogP contribution in [0.1, 0.15) is 51.9 Å². The average Bonchev–Trinajstić information content (AvgIpc) is 2.59. The van der Waals surface area contributed by atoms with Gasteiger partial charge in [0.2, 0.25) is 0 Å². The first-order valence-corrected chi connectivity index (χ1v) is 10.1. The van der Waals surface area contributed by atoms with E-state index in [4.69, 9.17) is 33.9 Å². The molecule has 1 saturated heterocycles. The highest BCUT2D eigenvalue weighted by Gasteiger charge is 2.26. The van der Waals surface area contributed by atoms with Gasteiger partial charge >= 0.3 is 0 Å². The van der Waals surface area contributed by atoms with E-state index in [0.29, 0.717) is 16.1 Å². The lowest BCUT2D eigenvalue weighted by Gasteiger charge is -2.37. The van der Waals surface area contributed by atoms with Gasteiger partial charge in [0.05, 0.1) is 16.8 Å². The fourth-order valence-electron chi connectivity index (χ4n) is 3.76. The second-order valence-electron chi connectivity index (χ2n) is 7.26. The molecule has 0 spiro atoms. The van der Waals surface area contributed by atoms with Crippen LogP contribution in [0.25, 0.3) is 0 Å². The summed E-state index contributed by atoms with van der Waals surface area (Å²) in [6.45, 7) is 3.28. The van der Waals surface area contributed by atoms with E-state index in [9.17, 15) is 0 Å². The molecule has 1 aromatic rings. The molecule has 0 aromatic heterocycles. The standard InChI is InChI=1S/C19H28Cl2N4/c1-13-6-4-5-11-25(13)19(24-18-8-3-2-7-16(18)22)23-17-10-9-14(20)12-15(17)21/h9-10,12-13,16,18H,2-8,11,22H2,1H3,(H,23,24)/t13?,16-,18-/m0/s1. The van der Waals surface area contributed by atoms with Crippen LogP contribution < -0.4 is 11.1 Å². The molecule has 2 aliphatic rings. The van der Waals surface area contributed by atoms with E-state index in [1.807, 2.05) is 12.1 Å². The number of halogens is 2. The van der Waals surface area contributed by atoms with E-state index in [2.05, 4.69) is 17.1 Å². The molecule has 1 aliphatic heterocycles. The largest absolute Gasteiger partial charge is 0.340 e. The highest BCUT2D eigenvalue weighted by atomic mass is 35.5. The number of aliphatic imine (C=N–C) groups is 1. The minimum absolute atomic E-state index is 0.145. The third-order valence-electron chi connectivity index (χ3n) is 5.32. The van der Waals surface area contributed by atoms with Crippen molar-refractivity contribution in [3.63, 3.8) is 0 Å². The zero-order valence-electron chi connectivity index (χ0n) is 14.8. The lowest BCUT2D eigenvalue weighted by molar-refractivity contribution is 0.254. The number of hydrogen-bond acceptors (Lipinski definition) is 2. The van der Waals surface area contributed by atoms with Crippen LogP contribution in [-0.2, 0) is 0 Å². The van der Waals surface area contributed by atoms with Crippen LogP contribution in [0.3, 0.4) is 0 Å². The first kappa shape index (κ1) is 18.8. The second kappa shape index (κ2) is 8.61. The van der Waals surface area contributed by atoms with Crippen molar-refractivity contribution in [2.75, 3.05) is 11.9 Å². The lowest BCUT2D eigenvalue weighted by Crippen LogP contribution is -2.47. The van der Waals surface area contributed by atoms with Crippen LogP contribution in [0.5, 0.6) is 0 Å². The predicted octanol–water partition coefficient (Wildman–Crippen LogP) is 4.91. The highest BCUT2D eigenvalue weighted by Crippen LogP contribution is 2.28. The molecule has 3 rings (SSSR count). The van der Waals surface area contributed by atoms with Crippen LogP contribution >= 0.6 is 23.2 Å². The Bertz CT molecular complexity index is 619. The summed E-state index contributed by atoms with van der Waals surface area (Å²) in [5.41, 5.74) is 7.18. The van der Waals surface area contributed by atoms with E-state index in [0.717, 1.165) is 31.0 Å². The van der Waals surface area contributed by atoms with E-state index in [1.165, 1.54) is 32.1 Å². The fourth-order valence-corrected chi connectivity index (χ4v) is 4.22. The minimum Gasteiger partial charge on any atom is -0.340 e. The molecular weight excluding hydrogens is 355 g/mol. The van der Waals surface area contributed by atoms with Crippen molar-refractivity contribution in [3.05, 3.63) is 28.2 Å². The number of rotatable bonds is 2. The number of hydrogen-bond donors (Lipinski definition) is 2. The van der Waals surface area contributed by atoms with Crippen molar-refractivity contribution in [1.82, 2.24) is 4.90 Å². The summed E-state index contributed by atoms with van der Waals surface area (Å²) < 4.78 is 0. The Balaban J connectivity index is 1.87. The van der Waals surface area contributed by atoms with E-state index in [-0.39, 0.29) is 12.1 Å². The Morgan fingerprint density at radius 3 is 2.64 bits per heavy atom. The maximum absolute atomic E-state index is 6.38. The topological polar surface area (TPSA) is 53.6 Å². The van der Waals surface area contributed by atoms with Gasteiger partial charge in [-0.1, -0.05) is 36.0 Å². The molecule has 0 bridgehead atoms. The molecule has 6 heteroatoms. The monoisotopic (exact) mass is 382 g/mol. The molecule has 2 fully saturated rings. The molecule has 0 amide bonds. The summed E-state index contributed by atoms with van der Waals surface area (Å²) in [6.07, 6.45) is 8.17. The normalized spacial score (nSPS) is 28.1. The van der Waals surface area contributed by atoms with E-state index in [1.54, 1.807) is 6.07 Å². The summed E-state index contributed by atoms with van der Waals surface area (Å²) in [6, 6.07) is 6.30. The number of nitrogens with one attached hydrogen (secondary N) is 1. The summed E-state index contributed by atoms with van der Waals surface area (Å²) in [5.74, 6) is 0.902. The van der Waals surface area contributed by atoms with Gasteiger partial charge in [-0.05, 0) is 57.2 Å². The third-order valence-corrected chi connectivity index (χ3v) is 5.87. The van der Waals surface area contributed by atoms with Crippen molar-refractivity contribution < 1.29 is 0 Å². The van der Waals surface area contributed by atoms with Crippen LogP contribution in [0, 0.1) is 0 Å². The molecule has 0 radical (unpaired) electrons. The zero-order valence-corrected chi connectivity index (χ0v) is 16.4. The minimum atomic E-state index is 0.145.